The van der Waals surface area contributed by atoms with E-state index in [4.69, 9.17) is 5.73 Å². The lowest BCUT2D eigenvalue weighted by Gasteiger charge is -2.01. The summed E-state index contributed by atoms with van der Waals surface area (Å²) in [5.74, 6) is -1.09. The molecule has 5 heteroatoms. The van der Waals surface area contributed by atoms with Gasteiger partial charge in [-0.1, -0.05) is 6.07 Å². The van der Waals surface area contributed by atoms with Crippen LogP contribution in [-0.4, -0.2) is 4.98 Å². The zero-order valence-corrected chi connectivity index (χ0v) is 10.7. The maximum atomic E-state index is 13.6. The van der Waals surface area contributed by atoms with Crippen molar-refractivity contribution in [2.45, 2.75) is 6.42 Å². The normalized spacial score (nSPS) is 11.1. The Kier molecular flexibility index (Phi) is 2.91. The molecule has 0 bridgehead atoms. The van der Waals surface area contributed by atoms with Crippen LogP contribution >= 0.6 is 11.3 Å². The number of nitrogens with two attached hydrogens (primary N) is 1. The molecule has 0 aliphatic rings. The van der Waals surface area contributed by atoms with Crippen molar-refractivity contribution >= 4 is 27.2 Å². The van der Waals surface area contributed by atoms with Gasteiger partial charge in [-0.15, -0.1) is 11.3 Å². The number of aromatic nitrogens is 1. The van der Waals surface area contributed by atoms with Crippen LogP contribution in [0.5, 0.6) is 0 Å². The largest absolute Gasteiger partial charge is 0.399 e. The third kappa shape index (κ3) is 2.29. The van der Waals surface area contributed by atoms with E-state index in [9.17, 15) is 8.78 Å². The molecule has 19 heavy (non-hydrogen) atoms. The van der Waals surface area contributed by atoms with Gasteiger partial charge in [-0.2, -0.15) is 0 Å². The van der Waals surface area contributed by atoms with Gasteiger partial charge < -0.3 is 5.73 Å². The van der Waals surface area contributed by atoms with E-state index in [1.54, 1.807) is 6.07 Å². The van der Waals surface area contributed by atoms with E-state index >= 15 is 0 Å². The Morgan fingerprint density at radius 2 is 1.84 bits per heavy atom. The molecule has 2 nitrogen and oxygen atoms in total. The van der Waals surface area contributed by atoms with Gasteiger partial charge in [-0.3, -0.25) is 0 Å². The van der Waals surface area contributed by atoms with Crippen molar-refractivity contribution in [3.63, 3.8) is 0 Å². The highest BCUT2D eigenvalue weighted by Gasteiger charge is 2.12. The average Bonchev–Trinajstić information content (AvgIpc) is 2.75. The van der Waals surface area contributed by atoms with E-state index < -0.39 is 11.6 Å². The van der Waals surface area contributed by atoms with Crippen molar-refractivity contribution in [3.8, 4) is 0 Å². The van der Waals surface area contributed by atoms with Crippen molar-refractivity contribution in [1.29, 1.82) is 0 Å². The predicted molar refractivity (Wildman–Crippen MR) is 73.2 cm³/mol. The van der Waals surface area contributed by atoms with Gasteiger partial charge in [0.05, 0.1) is 15.2 Å². The van der Waals surface area contributed by atoms with Crippen LogP contribution in [0.2, 0.25) is 0 Å². The highest BCUT2D eigenvalue weighted by molar-refractivity contribution is 7.18. The number of hydrogen-bond donors (Lipinski definition) is 1. The van der Waals surface area contributed by atoms with Gasteiger partial charge in [0.25, 0.3) is 0 Å². The van der Waals surface area contributed by atoms with E-state index in [2.05, 4.69) is 4.98 Å². The molecule has 0 amide bonds. The molecular formula is C14H10F2N2S. The highest BCUT2D eigenvalue weighted by atomic mass is 32.1. The SMILES string of the molecule is Nc1ccc2nc(Cc3c(F)cccc3F)sc2c1. The topological polar surface area (TPSA) is 38.9 Å². The quantitative estimate of drug-likeness (QED) is 0.724. The van der Waals surface area contributed by atoms with Crippen molar-refractivity contribution < 1.29 is 8.78 Å². The number of hydrogen-bond acceptors (Lipinski definition) is 3. The number of benzene rings is 2. The fourth-order valence-corrected chi connectivity index (χ4v) is 2.94. The van der Waals surface area contributed by atoms with E-state index in [0.29, 0.717) is 10.7 Å². The lowest BCUT2D eigenvalue weighted by atomic mass is 10.1. The zero-order chi connectivity index (χ0) is 13.4. The van der Waals surface area contributed by atoms with E-state index in [1.165, 1.54) is 29.5 Å². The molecule has 1 heterocycles. The number of halogens is 2. The van der Waals surface area contributed by atoms with Crippen LogP contribution in [-0.2, 0) is 6.42 Å². The molecular weight excluding hydrogens is 266 g/mol. The third-order valence-electron chi connectivity index (χ3n) is 2.85. The summed E-state index contributed by atoms with van der Waals surface area (Å²) in [6.45, 7) is 0. The van der Waals surface area contributed by atoms with Gasteiger partial charge in [0.1, 0.15) is 11.6 Å². The first-order chi connectivity index (χ1) is 9.13. The zero-order valence-electron chi connectivity index (χ0n) is 9.86. The summed E-state index contributed by atoms with van der Waals surface area (Å²) in [5, 5.41) is 0.671. The summed E-state index contributed by atoms with van der Waals surface area (Å²) < 4.78 is 28.1. The van der Waals surface area contributed by atoms with Crippen LogP contribution < -0.4 is 5.73 Å². The molecule has 0 fully saturated rings. The Morgan fingerprint density at radius 1 is 1.11 bits per heavy atom. The minimum Gasteiger partial charge on any atom is -0.399 e. The minimum absolute atomic E-state index is 0.0505. The fraction of sp³-hybridized carbons (Fsp3) is 0.0714. The van der Waals surface area contributed by atoms with Crippen molar-refractivity contribution in [3.05, 3.63) is 58.6 Å². The Bertz CT molecular complexity index is 732. The summed E-state index contributed by atoms with van der Waals surface area (Å²) in [6, 6.07) is 9.24. The second-order valence-electron chi connectivity index (χ2n) is 4.21. The fourth-order valence-electron chi connectivity index (χ4n) is 1.92. The first-order valence-electron chi connectivity index (χ1n) is 5.71. The number of rotatable bonds is 2. The summed E-state index contributed by atoms with van der Waals surface area (Å²) in [6.07, 6.45) is 0.151. The molecule has 0 saturated heterocycles. The molecule has 2 aromatic carbocycles. The lowest BCUT2D eigenvalue weighted by Crippen LogP contribution is -1.96. The molecule has 0 aliphatic heterocycles. The standard InChI is InChI=1S/C14H10F2N2S/c15-10-2-1-3-11(16)9(10)7-14-18-12-5-4-8(17)6-13(12)19-14/h1-6H,7,17H2. The van der Waals surface area contributed by atoms with Crippen LogP contribution in [0.1, 0.15) is 10.6 Å². The number of anilines is 1. The van der Waals surface area contributed by atoms with Gasteiger partial charge in [-0.05, 0) is 30.3 Å². The van der Waals surface area contributed by atoms with Crippen molar-refractivity contribution in [2.75, 3.05) is 5.73 Å². The van der Waals surface area contributed by atoms with Crippen molar-refractivity contribution in [2.24, 2.45) is 0 Å². The summed E-state index contributed by atoms with van der Waals surface area (Å²) >= 11 is 1.40. The second kappa shape index (κ2) is 4.59. The summed E-state index contributed by atoms with van der Waals surface area (Å²) in [5.41, 5.74) is 7.19. The molecule has 3 rings (SSSR count). The molecule has 96 valence electrons. The molecule has 0 saturated carbocycles. The minimum atomic E-state index is -0.543. The van der Waals surface area contributed by atoms with E-state index in [1.807, 2.05) is 12.1 Å². The molecule has 0 atom stereocenters. The Balaban J connectivity index is 2.01. The van der Waals surface area contributed by atoms with E-state index in [0.717, 1.165) is 10.2 Å². The molecule has 0 spiro atoms. The van der Waals surface area contributed by atoms with Crippen LogP contribution in [0.25, 0.3) is 10.2 Å². The maximum absolute atomic E-state index is 13.6. The molecule has 3 aromatic rings. The highest BCUT2D eigenvalue weighted by Crippen LogP contribution is 2.27. The van der Waals surface area contributed by atoms with Crippen LogP contribution in [0.4, 0.5) is 14.5 Å². The molecule has 0 aliphatic carbocycles. The van der Waals surface area contributed by atoms with Gasteiger partial charge >= 0.3 is 0 Å². The Morgan fingerprint density at radius 3 is 2.58 bits per heavy atom. The van der Waals surface area contributed by atoms with Gasteiger partial charge in [0.15, 0.2) is 0 Å². The summed E-state index contributed by atoms with van der Waals surface area (Å²) in [4.78, 5) is 4.36. The average molecular weight is 276 g/mol. The maximum Gasteiger partial charge on any atom is 0.129 e. The lowest BCUT2D eigenvalue weighted by molar-refractivity contribution is 0.561. The number of fused-ring (bicyclic) bond motifs is 1. The number of thiazole rings is 1. The Hall–Kier alpha value is -2.01. The van der Waals surface area contributed by atoms with Gasteiger partial charge in [-0.25, -0.2) is 13.8 Å². The smallest absolute Gasteiger partial charge is 0.129 e. The second-order valence-corrected chi connectivity index (χ2v) is 5.33. The van der Waals surface area contributed by atoms with Crippen LogP contribution in [0.15, 0.2) is 36.4 Å². The first-order valence-corrected chi connectivity index (χ1v) is 6.53. The van der Waals surface area contributed by atoms with E-state index in [-0.39, 0.29) is 12.0 Å². The van der Waals surface area contributed by atoms with Crippen molar-refractivity contribution in [1.82, 2.24) is 4.98 Å². The first kappa shape index (κ1) is 12.0. The van der Waals surface area contributed by atoms with Gasteiger partial charge in [0.2, 0.25) is 0 Å². The number of nitrogen functional groups attached to an aromatic ring is 1. The molecule has 0 unspecified atom stereocenters. The number of nitrogens with zero attached hydrogens (tertiary/aromatic N) is 1. The molecule has 1 aromatic heterocycles. The van der Waals surface area contributed by atoms with Gasteiger partial charge in [0, 0.05) is 17.7 Å². The predicted octanol–water partition coefficient (Wildman–Crippen LogP) is 3.75. The van der Waals surface area contributed by atoms with Crippen LogP contribution in [0, 0.1) is 11.6 Å². The third-order valence-corrected chi connectivity index (χ3v) is 3.86. The Labute approximate surface area is 112 Å². The monoisotopic (exact) mass is 276 g/mol. The van der Waals surface area contributed by atoms with Crippen LogP contribution in [0.3, 0.4) is 0 Å². The molecule has 2 N–H and O–H groups in total. The summed E-state index contributed by atoms with van der Waals surface area (Å²) in [7, 11) is 0. The molecule has 0 radical (unpaired) electrons.